The number of amides is 3. The lowest BCUT2D eigenvalue weighted by Crippen LogP contribution is -2.34. The minimum atomic E-state index is -0.253. The Bertz CT molecular complexity index is 777. The van der Waals surface area contributed by atoms with E-state index in [2.05, 4.69) is 5.32 Å². The highest BCUT2D eigenvalue weighted by atomic mass is 35.5. The fourth-order valence-electron chi connectivity index (χ4n) is 3.97. The first kappa shape index (κ1) is 19.6. The van der Waals surface area contributed by atoms with Crippen molar-refractivity contribution in [2.75, 3.05) is 11.9 Å². The average Bonchev–Trinajstić information content (AvgIpc) is 2.91. The lowest BCUT2D eigenvalue weighted by molar-refractivity contribution is -0.140. The van der Waals surface area contributed by atoms with E-state index < -0.39 is 0 Å². The van der Waals surface area contributed by atoms with Gasteiger partial charge in [0, 0.05) is 23.7 Å². The molecule has 0 spiro atoms. The van der Waals surface area contributed by atoms with E-state index in [1.165, 1.54) is 4.90 Å². The number of carbonyl (C=O) groups is 3. The highest BCUT2D eigenvalue weighted by Crippen LogP contribution is 2.35. The van der Waals surface area contributed by atoms with Gasteiger partial charge in [-0.25, -0.2) is 0 Å². The van der Waals surface area contributed by atoms with Crippen LogP contribution < -0.4 is 5.32 Å². The molecule has 0 aromatic heterocycles. The molecule has 1 aliphatic heterocycles. The number of hydrogen-bond donors (Lipinski definition) is 1. The molecule has 1 fully saturated rings. The largest absolute Gasteiger partial charge is 0.325 e. The Labute approximate surface area is 164 Å². The number of imide groups is 1. The number of rotatable bonds is 6. The van der Waals surface area contributed by atoms with E-state index in [0.717, 1.165) is 23.2 Å². The van der Waals surface area contributed by atoms with Gasteiger partial charge in [-0.05, 0) is 42.9 Å². The molecule has 2 atom stereocenters. The van der Waals surface area contributed by atoms with Gasteiger partial charge in [-0.3, -0.25) is 19.3 Å². The second-order valence-corrected chi connectivity index (χ2v) is 7.46. The predicted molar refractivity (Wildman–Crippen MR) is 106 cm³/mol. The third-order valence-electron chi connectivity index (χ3n) is 5.50. The topological polar surface area (TPSA) is 66.5 Å². The minimum absolute atomic E-state index is 0.0865. The molecule has 0 bridgehead atoms. The van der Waals surface area contributed by atoms with E-state index in [4.69, 9.17) is 11.6 Å². The molecule has 1 aromatic rings. The number of anilines is 1. The van der Waals surface area contributed by atoms with E-state index in [1.807, 2.05) is 38.1 Å². The fraction of sp³-hybridized carbons (Fsp3) is 0.476. The van der Waals surface area contributed by atoms with Crippen molar-refractivity contribution in [1.82, 2.24) is 4.90 Å². The van der Waals surface area contributed by atoms with Gasteiger partial charge in [-0.1, -0.05) is 43.7 Å². The van der Waals surface area contributed by atoms with Gasteiger partial charge in [0.1, 0.15) is 0 Å². The Morgan fingerprint density at radius 1 is 1.11 bits per heavy atom. The molecule has 5 nitrogen and oxygen atoms in total. The van der Waals surface area contributed by atoms with Crippen LogP contribution in [-0.2, 0) is 27.2 Å². The number of likely N-dealkylation sites (tertiary alicyclic amines) is 1. The molecule has 6 heteroatoms. The molecule has 0 saturated carbocycles. The molecule has 1 N–H and O–H groups in total. The molecule has 0 radical (unpaired) electrons. The third kappa shape index (κ3) is 3.79. The standard InChI is InChI=1S/C21H25ClN2O3/c1-3-13-9-10-17(22)14(4-2)19(13)23-18(25)11-12-24-20(26)15-7-5-6-8-16(15)21(24)27/h5-6,9-10,15-16H,3-4,7-8,11-12H2,1-2H3,(H,23,25)/t15-,16-/m0/s1. The van der Waals surface area contributed by atoms with Crippen LogP contribution in [0.3, 0.4) is 0 Å². The van der Waals surface area contributed by atoms with Crippen molar-refractivity contribution >= 4 is 35.0 Å². The van der Waals surface area contributed by atoms with Crippen LogP contribution in [0, 0.1) is 11.8 Å². The van der Waals surface area contributed by atoms with Crippen LogP contribution in [0.15, 0.2) is 24.3 Å². The van der Waals surface area contributed by atoms with Crippen LogP contribution in [0.5, 0.6) is 0 Å². The summed E-state index contributed by atoms with van der Waals surface area (Å²) >= 11 is 6.28. The summed E-state index contributed by atoms with van der Waals surface area (Å²) in [5.74, 6) is -1.01. The zero-order valence-electron chi connectivity index (χ0n) is 15.8. The number of fused-ring (bicyclic) bond motifs is 1. The lowest BCUT2D eigenvalue weighted by Gasteiger charge is -2.18. The van der Waals surface area contributed by atoms with Gasteiger partial charge in [0.2, 0.25) is 17.7 Å². The number of carbonyl (C=O) groups excluding carboxylic acids is 3. The maximum absolute atomic E-state index is 12.5. The number of allylic oxidation sites excluding steroid dienone is 2. The van der Waals surface area contributed by atoms with Crippen molar-refractivity contribution in [1.29, 1.82) is 0 Å². The van der Waals surface area contributed by atoms with Gasteiger partial charge in [0.25, 0.3) is 0 Å². The Hall–Kier alpha value is -2.14. The average molecular weight is 389 g/mol. The van der Waals surface area contributed by atoms with Crippen molar-refractivity contribution in [3.8, 4) is 0 Å². The Morgan fingerprint density at radius 3 is 2.30 bits per heavy atom. The lowest BCUT2D eigenvalue weighted by atomic mass is 9.85. The molecule has 27 heavy (non-hydrogen) atoms. The van der Waals surface area contributed by atoms with Crippen LogP contribution in [0.1, 0.15) is 44.2 Å². The number of hydrogen-bond acceptors (Lipinski definition) is 3. The Kier molecular flexibility index (Phi) is 6.00. The summed E-state index contributed by atoms with van der Waals surface area (Å²) in [5, 5.41) is 3.58. The molecule has 3 rings (SSSR count). The summed E-state index contributed by atoms with van der Waals surface area (Å²) in [5.41, 5.74) is 2.69. The zero-order chi connectivity index (χ0) is 19.6. The number of benzene rings is 1. The first-order chi connectivity index (χ1) is 13.0. The molecular weight excluding hydrogens is 364 g/mol. The van der Waals surface area contributed by atoms with Gasteiger partial charge in [0.15, 0.2) is 0 Å². The predicted octanol–water partition coefficient (Wildman–Crippen LogP) is 3.74. The quantitative estimate of drug-likeness (QED) is 0.596. The van der Waals surface area contributed by atoms with E-state index in [9.17, 15) is 14.4 Å². The van der Waals surface area contributed by atoms with E-state index in [1.54, 1.807) is 0 Å². The monoisotopic (exact) mass is 388 g/mol. The summed E-state index contributed by atoms with van der Waals surface area (Å²) in [4.78, 5) is 38.8. The molecule has 1 aromatic carbocycles. The number of halogens is 1. The van der Waals surface area contributed by atoms with E-state index in [0.29, 0.717) is 24.3 Å². The highest BCUT2D eigenvalue weighted by molar-refractivity contribution is 6.32. The zero-order valence-corrected chi connectivity index (χ0v) is 16.5. The van der Waals surface area contributed by atoms with Crippen molar-refractivity contribution < 1.29 is 14.4 Å². The van der Waals surface area contributed by atoms with Crippen molar-refractivity contribution in [2.24, 2.45) is 11.8 Å². The van der Waals surface area contributed by atoms with E-state index in [-0.39, 0.29) is 42.5 Å². The van der Waals surface area contributed by atoms with Crippen LogP contribution in [0.4, 0.5) is 5.69 Å². The third-order valence-corrected chi connectivity index (χ3v) is 5.86. The van der Waals surface area contributed by atoms with Crippen molar-refractivity contribution in [2.45, 2.75) is 46.0 Å². The van der Waals surface area contributed by atoms with E-state index >= 15 is 0 Å². The summed E-state index contributed by atoms with van der Waals surface area (Å²) in [6.07, 6.45) is 6.71. The second kappa shape index (κ2) is 8.26. The summed E-state index contributed by atoms with van der Waals surface area (Å²) in [7, 11) is 0. The Morgan fingerprint density at radius 2 is 1.74 bits per heavy atom. The number of aryl methyl sites for hydroxylation is 1. The highest BCUT2D eigenvalue weighted by Gasteiger charge is 2.46. The van der Waals surface area contributed by atoms with Crippen molar-refractivity contribution in [3.05, 3.63) is 40.4 Å². The van der Waals surface area contributed by atoms with Crippen molar-refractivity contribution in [3.63, 3.8) is 0 Å². The summed E-state index contributed by atoms with van der Waals surface area (Å²) in [6, 6.07) is 3.77. The number of nitrogens with one attached hydrogen (secondary N) is 1. The van der Waals surface area contributed by atoms with Gasteiger partial charge in [-0.15, -0.1) is 0 Å². The molecule has 2 aliphatic rings. The van der Waals surface area contributed by atoms with Crippen LogP contribution >= 0.6 is 11.6 Å². The van der Waals surface area contributed by atoms with Gasteiger partial charge in [0.05, 0.1) is 11.8 Å². The molecule has 144 valence electrons. The van der Waals surface area contributed by atoms with Gasteiger partial charge in [-0.2, -0.15) is 0 Å². The number of nitrogens with zero attached hydrogens (tertiary/aromatic N) is 1. The molecule has 0 unspecified atom stereocenters. The molecule has 1 saturated heterocycles. The summed E-state index contributed by atoms with van der Waals surface area (Å²) < 4.78 is 0. The van der Waals surface area contributed by atoms with Crippen LogP contribution in [0.2, 0.25) is 5.02 Å². The van der Waals surface area contributed by atoms with Gasteiger partial charge < -0.3 is 5.32 Å². The van der Waals surface area contributed by atoms with Crippen LogP contribution in [-0.4, -0.2) is 29.2 Å². The summed E-state index contributed by atoms with van der Waals surface area (Å²) in [6.45, 7) is 4.14. The smallest absolute Gasteiger partial charge is 0.233 e. The molecule has 1 heterocycles. The normalized spacial score (nSPS) is 21.5. The minimum Gasteiger partial charge on any atom is -0.325 e. The molecule has 3 amide bonds. The first-order valence-corrected chi connectivity index (χ1v) is 9.96. The maximum Gasteiger partial charge on any atom is 0.233 e. The molecule has 1 aliphatic carbocycles. The SMILES string of the molecule is CCc1ccc(Cl)c(CC)c1NC(=O)CCN1C(=O)[C@H]2CC=CC[C@@H]2C1=O. The first-order valence-electron chi connectivity index (χ1n) is 9.58. The second-order valence-electron chi connectivity index (χ2n) is 7.05. The van der Waals surface area contributed by atoms with Crippen LogP contribution in [0.25, 0.3) is 0 Å². The fourth-order valence-corrected chi connectivity index (χ4v) is 4.26. The van der Waals surface area contributed by atoms with Gasteiger partial charge >= 0.3 is 0 Å². The molecular formula is C21H25ClN2O3. The Balaban J connectivity index is 1.67. The maximum atomic E-state index is 12.5.